The van der Waals surface area contributed by atoms with E-state index >= 15 is 0 Å². The Kier molecular flexibility index (Phi) is 6.37. The molecule has 0 bridgehead atoms. The van der Waals surface area contributed by atoms with E-state index in [0.717, 1.165) is 27.6 Å². The van der Waals surface area contributed by atoms with Crippen molar-refractivity contribution < 1.29 is 19.3 Å². The second kappa shape index (κ2) is 9.52. The molecule has 1 atom stereocenters. The summed E-state index contributed by atoms with van der Waals surface area (Å²) in [5.41, 5.74) is 2.11. The molecule has 3 aromatic carbocycles. The molecule has 0 saturated carbocycles. The summed E-state index contributed by atoms with van der Waals surface area (Å²) in [7, 11) is 1.62. The molecule has 1 unspecified atom stereocenters. The lowest BCUT2D eigenvalue weighted by Gasteiger charge is -2.18. The zero-order valence-corrected chi connectivity index (χ0v) is 16.9. The van der Waals surface area contributed by atoms with E-state index in [9.17, 15) is 5.11 Å². The standard InChI is InChI=1S/C24H26N2O4/c1-28-21-10-4-5-11-22(21)29-14-13-25-17(15-27)16-30-23-12-6-9-20-24(23)18-7-2-3-8-19(18)26-20/h2-12,17,25-27H,13-16H2,1H3. The molecule has 0 radical (unpaired) electrons. The van der Waals surface area contributed by atoms with Gasteiger partial charge in [0.05, 0.1) is 25.3 Å². The lowest BCUT2D eigenvalue weighted by molar-refractivity contribution is 0.177. The minimum absolute atomic E-state index is 0.0292. The predicted molar refractivity (Wildman–Crippen MR) is 119 cm³/mol. The van der Waals surface area contributed by atoms with Crippen LogP contribution < -0.4 is 19.5 Å². The van der Waals surface area contributed by atoms with Crippen molar-refractivity contribution in [2.45, 2.75) is 6.04 Å². The fraction of sp³-hybridized carbons (Fsp3) is 0.250. The Hall–Kier alpha value is -3.22. The first-order valence-corrected chi connectivity index (χ1v) is 10.0. The van der Waals surface area contributed by atoms with Gasteiger partial charge in [0.15, 0.2) is 11.5 Å². The second-order valence-electron chi connectivity index (χ2n) is 6.99. The summed E-state index contributed by atoms with van der Waals surface area (Å²) in [5.74, 6) is 2.20. The molecule has 0 aliphatic carbocycles. The summed E-state index contributed by atoms with van der Waals surface area (Å²) in [4.78, 5) is 3.42. The first-order valence-electron chi connectivity index (χ1n) is 10.0. The Morgan fingerprint density at radius 1 is 0.867 bits per heavy atom. The van der Waals surface area contributed by atoms with E-state index in [4.69, 9.17) is 14.2 Å². The fourth-order valence-corrected chi connectivity index (χ4v) is 3.52. The Balaban J connectivity index is 1.35. The molecular formula is C24H26N2O4. The minimum atomic E-state index is -0.202. The van der Waals surface area contributed by atoms with Crippen LogP contribution in [0, 0.1) is 0 Å². The highest BCUT2D eigenvalue weighted by atomic mass is 16.5. The van der Waals surface area contributed by atoms with Gasteiger partial charge in [0.25, 0.3) is 0 Å². The van der Waals surface area contributed by atoms with Crippen LogP contribution in [0.1, 0.15) is 0 Å². The maximum absolute atomic E-state index is 9.74. The molecule has 6 nitrogen and oxygen atoms in total. The number of hydrogen-bond acceptors (Lipinski definition) is 5. The van der Waals surface area contributed by atoms with Gasteiger partial charge in [-0.25, -0.2) is 0 Å². The summed E-state index contributed by atoms with van der Waals surface area (Å²) in [6, 6.07) is 21.5. The van der Waals surface area contributed by atoms with Gasteiger partial charge in [0.1, 0.15) is 19.0 Å². The highest BCUT2D eigenvalue weighted by Gasteiger charge is 2.12. The van der Waals surface area contributed by atoms with Crippen LogP contribution in [0.5, 0.6) is 17.2 Å². The first-order chi connectivity index (χ1) is 14.8. The van der Waals surface area contributed by atoms with E-state index in [1.54, 1.807) is 7.11 Å². The molecule has 0 saturated heterocycles. The molecule has 1 heterocycles. The molecule has 0 aliphatic heterocycles. The van der Waals surface area contributed by atoms with E-state index in [0.29, 0.717) is 31.3 Å². The van der Waals surface area contributed by atoms with Gasteiger partial charge in [-0.1, -0.05) is 36.4 Å². The molecule has 1 aromatic heterocycles. The maximum Gasteiger partial charge on any atom is 0.161 e. The number of aliphatic hydroxyl groups is 1. The van der Waals surface area contributed by atoms with Crippen molar-refractivity contribution in [2.24, 2.45) is 0 Å². The SMILES string of the molecule is COc1ccccc1OCCNC(CO)COc1cccc2[nH]c3ccccc3c12. The third-order valence-corrected chi connectivity index (χ3v) is 5.01. The number of H-pyrrole nitrogens is 1. The summed E-state index contributed by atoms with van der Waals surface area (Å²) in [6.45, 7) is 1.35. The van der Waals surface area contributed by atoms with Crippen LogP contribution >= 0.6 is 0 Å². The largest absolute Gasteiger partial charge is 0.493 e. The number of methoxy groups -OCH3 is 1. The number of para-hydroxylation sites is 3. The van der Waals surface area contributed by atoms with Crippen molar-refractivity contribution >= 4 is 21.8 Å². The number of benzene rings is 3. The highest BCUT2D eigenvalue weighted by molar-refractivity contribution is 6.10. The second-order valence-corrected chi connectivity index (χ2v) is 6.99. The molecule has 0 aliphatic rings. The number of fused-ring (bicyclic) bond motifs is 3. The summed E-state index contributed by atoms with van der Waals surface area (Å²) < 4.78 is 17.1. The molecule has 4 rings (SSSR count). The molecule has 0 fully saturated rings. The van der Waals surface area contributed by atoms with Gasteiger partial charge in [0, 0.05) is 22.8 Å². The molecule has 3 N–H and O–H groups in total. The van der Waals surface area contributed by atoms with Crippen LogP contribution in [0.25, 0.3) is 21.8 Å². The molecule has 4 aromatic rings. The van der Waals surface area contributed by atoms with Gasteiger partial charge in [0.2, 0.25) is 0 Å². The summed E-state index contributed by atoms with van der Waals surface area (Å²) in [5, 5.41) is 15.2. The number of nitrogens with one attached hydrogen (secondary N) is 2. The average molecular weight is 406 g/mol. The zero-order chi connectivity index (χ0) is 20.8. The molecular weight excluding hydrogens is 380 g/mol. The molecule has 0 amide bonds. The third-order valence-electron chi connectivity index (χ3n) is 5.01. The first kappa shape index (κ1) is 20.1. The monoisotopic (exact) mass is 406 g/mol. The Morgan fingerprint density at radius 2 is 1.60 bits per heavy atom. The minimum Gasteiger partial charge on any atom is -0.493 e. The van der Waals surface area contributed by atoms with E-state index in [-0.39, 0.29) is 12.6 Å². The lowest BCUT2D eigenvalue weighted by atomic mass is 10.1. The zero-order valence-electron chi connectivity index (χ0n) is 16.9. The van der Waals surface area contributed by atoms with Crippen molar-refractivity contribution in [1.82, 2.24) is 10.3 Å². The van der Waals surface area contributed by atoms with Crippen molar-refractivity contribution in [2.75, 3.05) is 33.5 Å². The van der Waals surface area contributed by atoms with Gasteiger partial charge in [-0.05, 0) is 30.3 Å². The lowest BCUT2D eigenvalue weighted by Crippen LogP contribution is -2.40. The summed E-state index contributed by atoms with van der Waals surface area (Å²) in [6.07, 6.45) is 0. The molecule has 156 valence electrons. The van der Waals surface area contributed by atoms with E-state index < -0.39 is 0 Å². The fourth-order valence-electron chi connectivity index (χ4n) is 3.52. The molecule has 30 heavy (non-hydrogen) atoms. The number of ether oxygens (including phenoxy) is 3. The average Bonchev–Trinajstić information content (AvgIpc) is 3.18. The third kappa shape index (κ3) is 4.35. The molecule has 0 spiro atoms. The van der Waals surface area contributed by atoms with Crippen LogP contribution in [-0.4, -0.2) is 49.6 Å². The van der Waals surface area contributed by atoms with Crippen LogP contribution in [0.15, 0.2) is 66.7 Å². The van der Waals surface area contributed by atoms with Gasteiger partial charge >= 0.3 is 0 Å². The van der Waals surface area contributed by atoms with E-state index in [2.05, 4.69) is 22.4 Å². The van der Waals surface area contributed by atoms with Crippen molar-refractivity contribution in [3.05, 3.63) is 66.7 Å². The molecule has 6 heteroatoms. The number of hydrogen-bond donors (Lipinski definition) is 3. The number of aliphatic hydroxyl groups excluding tert-OH is 1. The Bertz CT molecular complexity index is 1110. The topological polar surface area (TPSA) is 75.7 Å². The van der Waals surface area contributed by atoms with Gasteiger partial charge in [-0.2, -0.15) is 0 Å². The number of aromatic amines is 1. The van der Waals surface area contributed by atoms with Crippen LogP contribution in [0.4, 0.5) is 0 Å². The van der Waals surface area contributed by atoms with Gasteiger partial charge in [-0.3, -0.25) is 0 Å². The Labute approximate surface area is 175 Å². The van der Waals surface area contributed by atoms with E-state index in [1.165, 1.54) is 0 Å². The normalized spacial score (nSPS) is 12.2. The smallest absolute Gasteiger partial charge is 0.161 e. The van der Waals surface area contributed by atoms with Crippen molar-refractivity contribution in [3.8, 4) is 17.2 Å². The number of rotatable bonds is 10. The maximum atomic E-state index is 9.74. The summed E-state index contributed by atoms with van der Waals surface area (Å²) >= 11 is 0. The van der Waals surface area contributed by atoms with Crippen molar-refractivity contribution in [1.29, 1.82) is 0 Å². The van der Waals surface area contributed by atoms with Crippen molar-refractivity contribution in [3.63, 3.8) is 0 Å². The van der Waals surface area contributed by atoms with Crippen LogP contribution in [-0.2, 0) is 0 Å². The van der Waals surface area contributed by atoms with Gasteiger partial charge in [-0.15, -0.1) is 0 Å². The van der Waals surface area contributed by atoms with E-state index in [1.807, 2.05) is 54.6 Å². The van der Waals surface area contributed by atoms with Gasteiger partial charge < -0.3 is 29.6 Å². The predicted octanol–water partition coefficient (Wildman–Crippen LogP) is 3.74. The number of aromatic nitrogens is 1. The highest BCUT2D eigenvalue weighted by Crippen LogP contribution is 2.33. The Morgan fingerprint density at radius 3 is 2.43 bits per heavy atom. The quantitative estimate of drug-likeness (QED) is 0.350. The van der Waals surface area contributed by atoms with Crippen LogP contribution in [0.3, 0.4) is 0 Å². The van der Waals surface area contributed by atoms with Crippen LogP contribution in [0.2, 0.25) is 0 Å².